The van der Waals surface area contributed by atoms with E-state index in [0.717, 1.165) is 27.4 Å². The zero-order chi connectivity index (χ0) is 20.4. The summed E-state index contributed by atoms with van der Waals surface area (Å²) >= 11 is 1.56. The fourth-order valence-corrected chi connectivity index (χ4v) is 3.97. The Bertz CT molecular complexity index is 1220. The van der Waals surface area contributed by atoms with Crippen LogP contribution in [-0.2, 0) is 0 Å². The molecule has 1 N–H and O–H groups in total. The molecule has 3 aromatic carbocycles. The maximum absolute atomic E-state index is 11.2. The zero-order valence-electron chi connectivity index (χ0n) is 16.2. The zero-order valence-corrected chi connectivity index (χ0v) is 17.0. The largest absolute Gasteiger partial charge is 0.478 e. The van der Waals surface area contributed by atoms with Crippen molar-refractivity contribution in [1.82, 2.24) is 4.57 Å². The first-order valence-corrected chi connectivity index (χ1v) is 10.1. The molecule has 0 saturated carbocycles. The average molecular weight is 401 g/mol. The van der Waals surface area contributed by atoms with Crippen LogP contribution in [0.3, 0.4) is 0 Å². The lowest BCUT2D eigenvalue weighted by Crippen LogP contribution is -2.13. The molecule has 1 aromatic heterocycles. The van der Waals surface area contributed by atoms with Crippen LogP contribution in [0, 0.1) is 13.8 Å². The van der Waals surface area contributed by atoms with Gasteiger partial charge in [0.1, 0.15) is 0 Å². The number of hydrogen-bond acceptors (Lipinski definition) is 3. The molecule has 0 spiro atoms. The number of hydrogen-bond donors (Lipinski definition) is 1. The fraction of sp³-hybridized carbons (Fsp3) is 0.0833. The number of benzene rings is 3. The molecule has 0 aliphatic rings. The normalized spacial score (nSPS) is 11.6. The van der Waals surface area contributed by atoms with Crippen LogP contribution in [0.4, 0.5) is 5.69 Å². The molecule has 0 unspecified atom stereocenters. The smallest absolute Gasteiger partial charge is 0.335 e. The highest BCUT2D eigenvalue weighted by Gasteiger charge is 2.11. The number of rotatable bonds is 4. The molecule has 4 rings (SSSR count). The Morgan fingerprint density at radius 1 is 0.862 bits per heavy atom. The summed E-state index contributed by atoms with van der Waals surface area (Å²) < 4.78 is 2.11. The lowest BCUT2D eigenvalue weighted by atomic mass is 10.1. The van der Waals surface area contributed by atoms with Crippen molar-refractivity contribution < 1.29 is 9.90 Å². The van der Waals surface area contributed by atoms with Gasteiger partial charge < -0.3 is 5.11 Å². The molecule has 0 radical (unpaired) electrons. The van der Waals surface area contributed by atoms with Crippen LogP contribution in [0.15, 0.2) is 83.2 Å². The quantitative estimate of drug-likeness (QED) is 0.474. The van der Waals surface area contributed by atoms with Crippen molar-refractivity contribution >= 4 is 23.0 Å². The first kappa shape index (κ1) is 18.9. The average Bonchev–Trinajstić information content (AvgIpc) is 3.14. The van der Waals surface area contributed by atoms with Gasteiger partial charge >= 0.3 is 5.97 Å². The van der Waals surface area contributed by atoms with E-state index in [9.17, 15) is 9.90 Å². The lowest BCUT2D eigenvalue weighted by molar-refractivity contribution is 0.0697. The predicted octanol–water partition coefficient (Wildman–Crippen LogP) is 5.75. The van der Waals surface area contributed by atoms with Gasteiger partial charge in [-0.05, 0) is 55.8 Å². The summed E-state index contributed by atoms with van der Waals surface area (Å²) in [6.07, 6.45) is 0. The van der Waals surface area contributed by atoms with Crippen molar-refractivity contribution in [2.24, 2.45) is 4.99 Å². The van der Waals surface area contributed by atoms with Gasteiger partial charge in [-0.1, -0.05) is 47.5 Å². The Morgan fingerprint density at radius 3 is 2.03 bits per heavy atom. The third kappa shape index (κ3) is 4.05. The molecule has 0 fully saturated rings. The number of aromatic carboxylic acids is 1. The number of carbonyl (C=O) groups is 1. The van der Waals surface area contributed by atoms with Gasteiger partial charge in [0.2, 0.25) is 0 Å². The molecule has 5 heteroatoms. The standard InChI is InChI=1S/C24H20N2O2S/c1-16-3-11-20(12-4-16)25-24-26(21-13-5-17(2)6-14-21)22(15-29-24)18-7-9-19(10-8-18)23(27)28/h3-15H,1-2H3,(H,27,28). The van der Waals surface area contributed by atoms with Crippen molar-refractivity contribution in [3.63, 3.8) is 0 Å². The van der Waals surface area contributed by atoms with Crippen molar-refractivity contribution in [2.75, 3.05) is 0 Å². The number of thiazole rings is 1. The van der Waals surface area contributed by atoms with Gasteiger partial charge in [-0.3, -0.25) is 4.57 Å². The van der Waals surface area contributed by atoms with Gasteiger partial charge in [0.15, 0.2) is 4.80 Å². The molecule has 4 aromatic rings. The molecule has 29 heavy (non-hydrogen) atoms. The highest BCUT2D eigenvalue weighted by molar-refractivity contribution is 7.07. The van der Waals surface area contributed by atoms with Gasteiger partial charge in [-0.15, -0.1) is 11.3 Å². The Balaban J connectivity index is 1.89. The topological polar surface area (TPSA) is 54.6 Å². The summed E-state index contributed by atoms with van der Waals surface area (Å²) in [5.74, 6) is -0.927. The van der Waals surface area contributed by atoms with E-state index in [4.69, 9.17) is 4.99 Å². The Labute approximate surface area is 173 Å². The van der Waals surface area contributed by atoms with E-state index in [1.165, 1.54) is 11.1 Å². The van der Waals surface area contributed by atoms with Gasteiger partial charge in [0, 0.05) is 11.1 Å². The highest BCUT2D eigenvalue weighted by atomic mass is 32.1. The summed E-state index contributed by atoms with van der Waals surface area (Å²) in [5, 5.41) is 11.2. The Kier molecular flexibility index (Phi) is 5.14. The molecule has 0 saturated heterocycles. The van der Waals surface area contributed by atoms with Crippen molar-refractivity contribution in [1.29, 1.82) is 0 Å². The number of aryl methyl sites for hydroxylation is 2. The predicted molar refractivity (Wildman–Crippen MR) is 117 cm³/mol. The monoisotopic (exact) mass is 400 g/mol. The SMILES string of the molecule is Cc1ccc(N=c2scc(-c3ccc(C(=O)O)cc3)n2-c2ccc(C)cc2)cc1. The minimum atomic E-state index is -0.927. The van der Waals surface area contributed by atoms with Crippen molar-refractivity contribution in [3.8, 4) is 16.9 Å². The van der Waals surface area contributed by atoms with Crippen LogP contribution in [0.5, 0.6) is 0 Å². The molecule has 144 valence electrons. The van der Waals surface area contributed by atoms with Crippen LogP contribution in [0.2, 0.25) is 0 Å². The molecule has 0 aliphatic carbocycles. The first-order valence-electron chi connectivity index (χ1n) is 9.24. The summed E-state index contributed by atoms with van der Waals surface area (Å²) in [6, 6.07) is 23.4. The first-order chi connectivity index (χ1) is 14.0. The number of aromatic nitrogens is 1. The number of carboxylic acid groups (broad SMARTS) is 1. The van der Waals surface area contributed by atoms with Gasteiger partial charge in [-0.25, -0.2) is 9.79 Å². The maximum atomic E-state index is 11.2. The molecule has 0 bridgehead atoms. The van der Waals surface area contributed by atoms with E-state index in [-0.39, 0.29) is 5.56 Å². The molecule has 1 heterocycles. The van der Waals surface area contributed by atoms with E-state index in [1.807, 2.05) is 36.4 Å². The minimum Gasteiger partial charge on any atom is -0.478 e. The molecular formula is C24H20N2O2S. The van der Waals surface area contributed by atoms with Gasteiger partial charge in [0.05, 0.1) is 16.9 Å². The van der Waals surface area contributed by atoms with Gasteiger partial charge in [-0.2, -0.15) is 0 Å². The third-order valence-electron chi connectivity index (χ3n) is 4.69. The van der Waals surface area contributed by atoms with E-state index in [1.54, 1.807) is 23.5 Å². The molecule has 0 aliphatic heterocycles. The second-order valence-corrected chi connectivity index (χ2v) is 7.74. The molecule has 4 nitrogen and oxygen atoms in total. The van der Waals surface area contributed by atoms with Crippen molar-refractivity contribution in [2.45, 2.75) is 13.8 Å². The van der Waals surface area contributed by atoms with Crippen LogP contribution in [-0.4, -0.2) is 15.6 Å². The maximum Gasteiger partial charge on any atom is 0.335 e. The second-order valence-electron chi connectivity index (χ2n) is 6.90. The summed E-state index contributed by atoms with van der Waals surface area (Å²) in [6.45, 7) is 4.12. The van der Waals surface area contributed by atoms with E-state index < -0.39 is 5.97 Å². The fourth-order valence-electron chi connectivity index (χ4n) is 3.05. The van der Waals surface area contributed by atoms with Crippen LogP contribution in [0.25, 0.3) is 16.9 Å². The molecule has 0 atom stereocenters. The van der Waals surface area contributed by atoms with Crippen LogP contribution >= 0.6 is 11.3 Å². The molecular weight excluding hydrogens is 380 g/mol. The van der Waals surface area contributed by atoms with Crippen molar-refractivity contribution in [3.05, 3.63) is 99.7 Å². The van der Waals surface area contributed by atoms with Crippen LogP contribution in [0.1, 0.15) is 21.5 Å². The third-order valence-corrected chi connectivity index (χ3v) is 5.51. The summed E-state index contributed by atoms with van der Waals surface area (Å²) in [7, 11) is 0. The number of nitrogens with zero attached hydrogens (tertiary/aromatic N) is 2. The minimum absolute atomic E-state index is 0.274. The van der Waals surface area contributed by atoms with E-state index in [2.05, 4.69) is 48.1 Å². The summed E-state index contributed by atoms with van der Waals surface area (Å²) in [5.41, 5.74) is 6.48. The highest BCUT2D eigenvalue weighted by Crippen LogP contribution is 2.25. The van der Waals surface area contributed by atoms with E-state index >= 15 is 0 Å². The summed E-state index contributed by atoms with van der Waals surface area (Å²) in [4.78, 5) is 16.9. The van der Waals surface area contributed by atoms with Crippen LogP contribution < -0.4 is 4.80 Å². The molecule has 0 amide bonds. The van der Waals surface area contributed by atoms with E-state index in [0.29, 0.717) is 0 Å². The lowest BCUT2D eigenvalue weighted by Gasteiger charge is -2.10. The Morgan fingerprint density at radius 2 is 1.45 bits per heavy atom. The van der Waals surface area contributed by atoms with Gasteiger partial charge in [0.25, 0.3) is 0 Å². The second kappa shape index (κ2) is 7.89. The Hall–Kier alpha value is -3.44. The number of carboxylic acids is 1.